The number of benzene rings is 2. The van der Waals surface area contributed by atoms with Gasteiger partial charge in [-0.25, -0.2) is 9.37 Å². The number of aromatic nitrogens is 2. The number of methoxy groups -OCH3 is 1. The Morgan fingerprint density at radius 1 is 1.17 bits per heavy atom. The van der Waals surface area contributed by atoms with Crippen LogP contribution in [-0.4, -0.2) is 16.7 Å². The molecule has 0 saturated heterocycles. The number of hydrogen-bond donors (Lipinski definition) is 0. The van der Waals surface area contributed by atoms with Crippen molar-refractivity contribution in [3.63, 3.8) is 0 Å². The van der Waals surface area contributed by atoms with Crippen molar-refractivity contribution in [2.75, 3.05) is 7.11 Å². The van der Waals surface area contributed by atoms with Gasteiger partial charge in [0, 0.05) is 16.9 Å². The van der Waals surface area contributed by atoms with Crippen molar-refractivity contribution in [3.05, 3.63) is 81.5 Å². The fourth-order valence-corrected chi connectivity index (χ4v) is 4.40. The van der Waals surface area contributed by atoms with Crippen LogP contribution in [0.4, 0.5) is 4.39 Å². The van der Waals surface area contributed by atoms with Crippen LogP contribution in [0.25, 0.3) is 21.3 Å². The molecule has 0 unspecified atom stereocenters. The van der Waals surface area contributed by atoms with Gasteiger partial charge in [-0.05, 0) is 35.4 Å². The maximum absolute atomic E-state index is 13.7. The van der Waals surface area contributed by atoms with Crippen molar-refractivity contribution in [1.82, 2.24) is 9.55 Å². The Balaban J connectivity index is 1.93. The molecule has 0 amide bonds. The van der Waals surface area contributed by atoms with Gasteiger partial charge in [0.15, 0.2) is 0 Å². The van der Waals surface area contributed by atoms with Crippen molar-refractivity contribution >= 4 is 21.6 Å². The maximum atomic E-state index is 13.7. The Hall–Kier alpha value is -2.99. The Morgan fingerprint density at radius 2 is 1.97 bits per heavy atom. The second-order valence-electron chi connectivity index (χ2n) is 7.21. The van der Waals surface area contributed by atoms with Gasteiger partial charge in [-0.15, -0.1) is 11.3 Å². The first-order chi connectivity index (χ1) is 14.0. The number of rotatable bonds is 5. The molecular formula is C23H21FN2O2S. The lowest BCUT2D eigenvalue weighted by Crippen LogP contribution is -2.26. The SMILES string of the molecule is COc1cccc(-c2csc3nc(C(C)C)n(Cc4cccc(F)c4)c(=O)c23)c1. The predicted molar refractivity (Wildman–Crippen MR) is 115 cm³/mol. The van der Waals surface area contributed by atoms with E-state index < -0.39 is 0 Å². The zero-order chi connectivity index (χ0) is 20.5. The average molecular weight is 408 g/mol. The highest BCUT2D eigenvalue weighted by Gasteiger charge is 2.19. The molecule has 0 spiro atoms. The molecule has 0 saturated carbocycles. The summed E-state index contributed by atoms with van der Waals surface area (Å²) >= 11 is 1.46. The molecule has 0 aliphatic heterocycles. The summed E-state index contributed by atoms with van der Waals surface area (Å²) in [7, 11) is 1.62. The van der Waals surface area contributed by atoms with E-state index in [1.807, 2.05) is 49.6 Å². The number of ether oxygens (including phenoxy) is 1. The first kappa shape index (κ1) is 19.3. The average Bonchev–Trinajstić information content (AvgIpc) is 3.14. The molecule has 4 rings (SSSR count). The standard InChI is InChI=1S/C23H21FN2O2S/c1-14(2)21-25-22-20(19(13-29-22)16-7-5-9-18(11-16)28-3)23(27)26(21)12-15-6-4-8-17(24)10-15/h4-11,13-14H,12H2,1-3H3. The van der Waals surface area contributed by atoms with Crippen LogP contribution in [0.15, 0.2) is 58.7 Å². The zero-order valence-corrected chi connectivity index (χ0v) is 17.3. The minimum absolute atomic E-state index is 0.0584. The van der Waals surface area contributed by atoms with Gasteiger partial charge in [-0.1, -0.05) is 38.1 Å². The third-order valence-electron chi connectivity index (χ3n) is 4.85. The van der Waals surface area contributed by atoms with Gasteiger partial charge >= 0.3 is 0 Å². The van der Waals surface area contributed by atoms with Crippen molar-refractivity contribution in [2.45, 2.75) is 26.3 Å². The predicted octanol–water partition coefficient (Wildman–Crippen LogP) is 5.44. The first-order valence-corrected chi connectivity index (χ1v) is 10.3. The number of thiophene rings is 1. The van der Waals surface area contributed by atoms with Crippen LogP contribution in [0.2, 0.25) is 0 Å². The van der Waals surface area contributed by atoms with Crippen LogP contribution in [0.1, 0.15) is 31.2 Å². The van der Waals surface area contributed by atoms with Crippen LogP contribution < -0.4 is 10.3 Å². The van der Waals surface area contributed by atoms with Crippen molar-refractivity contribution < 1.29 is 9.13 Å². The first-order valence-electron chi connectivity index (χ1n) is 9.38. The zero-order valence-electron chi connectivity index (χ0n) is 16.5. The van der Waals surface area contributed by atoms with E-state index in [4.69, 9.17) is 9.72 Å². The largest absolute Gasteiger partial charge is 0.497 e. The Bertz CT molecular complexity index is 1240. The van der Waals surface area contributed by atoms with Gasteiger partial charge in [0.05, 0.1) is 19.0 Å². The second kappa shape index (κ2) is 7.79. The van der Waals surface area contributed by atoms with Crippen LogP contribution in [0.5, 0.6) is 5.75 Å². The summed E-state index contributed by atoms with van der Waals surface area (Å²) in [4.78, 5) is 19.1. The molecule has 2 aromatic heterocycles. The van der Waals surface area contributed by atoms with E-state index in [1.165, 1.54) is 23.5 Å². The van der Waals surface area contributed by atoms with E-state index >= 15 is 0 Å². The van der Waals surface area contributed by atoms with E-state index in [9.17, 15) is 9.18 Å². The lowest BCUT2D eigenvalue weighted by Gasteiger charge is -2.15. The molecule has 2 heterocycles. The Labute approximate surface area is 172 Å². The molecule has 4 aromatic rings. The number of nitrogens with zero attached hydrogens (tertiary/aromatic N) is 2. The van der Waals surface area contributed by atoms with Crippen molar-refractivity contribution in [2.24, 2.45) is 0 Å². The minimum atomic E-state index is -0.316. The quantitative estimate of drug-likeness (QED) is 0.441. The molecule has 0 fully saturated rings. The fraction of sp³-hybridized carbons (Fsp3) is 0.217. The van der Waals surface area contributed by atoms with Gasteiger partial charge < -0.3 is 4.74 Å². The van der Waals surface area contributed by atoms with Crippen molar-refractivity contribution in [1.29, 1.82) is 0 Å². The van der Waals surface area contributed by atoms with Gasteiger partial charge in [0.1, 0.15) is 22.2 Å². The molecule has 0 N–H and O–H groups in total. The molecule has 4 nitrogen and oxygen atoms in total. The van der Waals surface area contributed by atoms with Gasteiger partial charge in [0.25, 0.3) is 5.56 Å². The highest BCUT2D eigenvalue weighted by atomic mass is 32.1. The molecular weight excluding hydrogens is 387 g/mol. The lowest BCUT2D eigenvalue weighted by atomic mass is 10.1. The molecule has 2 aromatic carbocycles. The summed E-state index contributed by atoms with van der Waals surface area (Å²) in [5.74, 6) is 1.17. The summed E-state index contributed by atoms with van der Waals surface area (Å²) in [6.07, 6.45) is 0. The molecule has 0 radical (unpaired) electrons. The summed E-state index contributed by atoms with van der Waals surface area (Å²) in [6, 6.07) is 14.0. The van der Waals surface area contributed by atoms with Crippen LogP contribution in [0.3, 0.4) is 0 Å². The topological polar surface area (TPSA) is 44.1 Å². The van der Waals surface area contributed by atoms with E-state index in [0.29, 0.717) is 16.0 Å². The fourth-order valence-electron chi connectivity index (χ4n) is 3.45. The number of fused-ring (bicyclic) bond motifs is 1. The second-order valence-corrected chi connectivity index (χ2v) is 8.07. The molecule has 29 heavy (non-hydrogen) atoms. The highest BCUT2D eigenvalue weighted by molar-refractivity contribution is 7.17. The summed E-state index contributed by atoms with van der Waals surface area (Å²) in [5, 5.41) is 2.55. The third-order valence-corrected chi connectivity index (χ3v) is 5.72. The van der Waals surface area contributed by atoms with Gasteiger partial charge in [0.2, 0.25) is 0 Å². The van der Waals surface area contributed by atoms with Gasteiger partial charge in [-0.2, -0.15) is 0 Å². The van der Waals surface area contributed by atoms with E-state index in [2.05, 4.69) is 0 Å². The maximum Gasteiger partial charge on any atom is 0.263 e. The van der Waals surface area contributed by atoms with Crippen LogP contribution in [0, 0.1) is 5.82 Å². The molecule has 0 aliphatic carbocycles. The number of hydrogen-bond acceptors (Lipinski definition) is 4. The Morgan fingerprint density at radius 3 is 2.69 bits per heavy atom. The monoisotopic (exact) mass is 408 g/mol. The van der Waals surface area contributed by atoms with Crippen LogP contribution >= 0.6 is 11.3 Å². The summed E-state index contributed by atoms with van der Waals surface area (Å²) in [6.45, 7) is 4.29. The molecule has 0 atom stereocenters. The summed E-state index contributed by atoms with van der Waals surface area (Å²) < 4.78 is 20.7. The molecule has 148 valence electrons. The minimum Gasteiger partial charge on any atom is -0.497 e. The summed E-state index contributed by atoms with van der Waals surface area (Å²) in [5.41, 5.74) is 2.36. The van der Waals surface area contributed by atoms with Gasteiger partial charge in [-0.3, -0.25) is 9.36 Å². The normalized spacial score (nSPS) is 11.3. The molecule has 0 bridgehead atoms. The molecule has 0 aliphatic rings. The smallest absolute Gasteiger partial charge is 0.263 e. The lowest BCUT2D eigenvalue weighted by molar-refractivity contribution is 0.415. The van der Waals surface area contributed by atoms with Crippen molar-refractivity contribution in [3.8, 4) is 16.9 Å². The van der Waals surface area contributed by atoms with E-state index in [-0.39, 0.29) is 23.8 Å². The van der Waals surface area contributed by atoms with E-state index in [1.54, 1.807) is 17.7 Å². The van der Waals surface area contributed by atoms with Crippen LogP contribution in [-0.2, 0) is 6.54 Å². The Kier molecular flexibility index (Phi) is 5.20. The van der Waals surface area contributed by atoms with E-state index in [0.717, 1.165) is 22.4 Å². The molecule has 6 heteroatoms. The third kappa shape index (κ3) is 3.68. The number of halogens is 1. The highest BCUT2D eigenvalue weighted by Crippen LogP contribution is 2.33.